The minimum atomic E-state index is -0.275. The van der Waals surface area contributed by atoms with Gasteiger partial charge in [0.25, 0.3) is 0 Å². The Morgan fingerprint density at radius 2 is 2.25 bits per heavy atom. The van der Waals surface area contributed by atoms with Gasteiger partial charge < -0.3 is 10.1 Å². The normalized spacial score (nSPS) is 27.1. The van der Waals surface area contributed by atoms with Crippen LogP contribution in [0.4, 0.5) is 0 Å². The molecule has 3 unspecified atom stereocenters. The highest BCUT2D eigenvalue weighted by atomic mass is 35.5. The van der Waals surface area contributed by atoms with E-state index < -0.39 is 0 Å². The first-order valence-electron chi connectivity index (χ1n) is 6.04. The second-order valence-corrected chi connectivity index (χ2v) is 5.65. The molecule has 3 nitrogen and oxygen atoms in total. The van der Waals surface area contributed by atoms with Crippen LogP contribution in [-0.4, -0.2) is 30.5 Å². The maximum atomic E-state index is 11.8. The van der Waals surface area contributed by atoms with Crippen LogP contribution in [0.5, 0.6) is 0 Å². The molecule has 0 saturated carbocycles. The van der Waals surface area contributed by atoms with Gasteiger partial charge in [-0.15, -0.1) is 11.6 Å². The van der Waals surface area contributed by atoms with Crippen molar-refractivity contribution in [2.24, 2.45) is 11.8 Å². The van der Waals surface area contributed by atoms with Gasteiger partial charge in [-0.25, -0.2) is 0 Å². The Kier molecular flexibility index (Phi) is 5.56. The average Bonchev–Trinajstić information content (AvgIpc) is 2.60. The molecule has 0 aromatic rings. The molecule has 0 aromatic heterocycles. The lowest BCUT2D eigenvalue weighted by atomic mass is 10.0. The summed E-state index contributed by atoms with van der Waals surface area (Å²) in [6.07, 6.45) is 1.61. The SMILES string of the molecule is CC(C)CC(Cl)CNC(=O)C1OCCC1C. The summed E-state index contributed by atoms with van der Waals surface area (Å²) >= 11 is 6.11. The second kappa shape index (κ2) is 6.45. The largest absolute Gasteiger partial charge is 0.368 e. The number of hydrogen-bond acceptors (Lipinski definition) is 2. The fourth-order valence-corrected chi connectivity index (χ4v) is 2.37. The van der Waals surface area contributed by atoms with E-state index in [1.54, 1.807) is 0 Å². The zero-order valence-electron chi connectivity index (χ0n) is 10.3. The molecule has 1 rings (SSSR count). The Morgan fingerprint density at radius 3 is 2.75 bits per heavy atom. The molecule has 1 heterocycles. The van der Waals surface area contributed by atoms with Gasteiger partial charge in [0.1, 0.15) is 6.10 Å². The predicted octanol–water partition coefficient (Wildman–Crippen LogP) is 2.18. The lowest BCUT2D eigenvalue weighted by Crippen LogP contribution is -2.40. The van der Waals surface area contributed by atoms with Gasteiger partial charge in [-0.3, -0.25) is 4.79 Å². The molecule has 4 heteroatoms. The highest BCUT2D eigenvalue weighted by Crippen LogP contribution is 2.20. The quantitative estimate of drug-likeness (QED) is 0.757. The molecule has 1 aliphatic rings. The third-order valence-corrected chi connectivity index (χ3v) is 3.20. The predicted molar refractivity (Wildman–Crippen MR) is 65.6 cm³/mol. The number of hydrogen-bond donors (Lipinski definition) is 1. The van der Waals surface area contributed by atoms with Crippen LogP contribution in [0.1, 0.15) is 33.6 Å². The van der Waals surface area contributed by atoms with Crippen LogP contribution in [0.2, 0.25) is 0 Å². The fourth-order valence-electron chi connectivity index (χ4n) is 1.94. The van der Waals surface area contributed by atoms with Crippen molar-refractivity contribution < 1.29 is 9.53 Å². The van der Waals surface area contributed by atoms with E-state index >= 15 is 0 Å². The van der Waals surface area contributed by atoms with Gasteiger partial charge in [0.2, 0.25) is 5.91 Å². The number of alkyl halides is 1. The van der Waals surface area contributed by atoms with E-state index in [-0.39, 0.29) is 17.4 Å². The lowest BCUT2D eigenvalue weighted by Gasteiger charge is -2.17. The maximum Gasteiger partial charge on any atom is 0.249 e. The van der Waals surface area contributed by atoms with Crippen molar-refractivity contribution in [2.75, 3.05) is 13.2 Å². The van der Waals surface area contributed by atoms with Crippen LogP contribution >= 0.6 is 11.6 Å². The number of halogens is 1. The average molecular weight is 248 g/mol. The van der Waals surface area contributed by atoms with Crippen molar-refractivity contribution in [3.63, 3.8) is 0 Å². The third kappa shape index (κ3) is 4.30. The fraction of sp³-hybridized carbons (Fsp3) is 0.917. The molecule has 0 aliphatic carbocycles. The summed E-state index contributed by atoms with van der Waals surface area (Å²) in [6.45, 7) is 7.52. The van der Waals surface area contributed by atoms with Crippen molar-refractivity contribution in [3.8, 4) is 0 Å². The van der Waals surface area contributed by atoms with Crippen LogP contribution in [0, 0.1) is 11.8 Å². The first kappa shape index (κ1) is 13.8. The molecule has 0 radical (unpaired) electrons. The highest BCUT2D eigenvalue weighted by Gasteiger charge is 2.30. The Bertz CT molecular complexity index is 233. The number of carbonyl (C=O) groups is 1. The van der Waals surface area contributed by atoms with Gasteiger partial charge in [-0.2, -0.15) is 0 Å². The molecule has 1 N–H and O–H groups in total. The van der Waals surface area contributed by atoms with Crippen molar-refractivity contribution in [2.45, 2.75) is 45.1 Å². The van der Waals surface area contributed by atoms with Crippen molar-refractivity contribution in [3.05, 3.63) is 0 Å². The van der Waals surface area contributed by atoms with Crippen LogP contribution in [-0.2, 0) is 9.53 Å². The monoisotopic (exact) mass is 247 g/mol. The lowest BCUT2D eigenvalue weighted by molar-refractivity contribution is -0.131. The standard InChI is InChI=1S/C12H22ClNO2/c1-8(2)6-10(13)7-14-12(15)11-9(3)4-5-16-11/h8-11H,4-7H2,1-3H3,(H,14,15). The molecule has 1 aliphatic heterocycles. The van der Waals surface area contributed by atoms with Crippen molar-refractivity contribution in [1.29, 1.82) is 0 Å². The summed E-state index contributed by atoms with van der Waals surface area (Å²) in [5.41, 5.74) is 0. The topological polar surface area (TPSA) is 38.3 Å². The van der Waals surface area contributed by atoms with E-state index in [4.69, 9.17) is 16.3 Å². The van der Waals surface area contributed by atoms with Crippen LogP contribution in [0.15, 0.2) is 0 Å². The Morgan fingerprint density at radius 1 is 1.56 bits per heavy atom. The molecule has 16 heavy (non-hydrogen) atoms. The van der Waals surface area contributed by atoms with E-state index in [1.165, 1.54) is 0 Å². The maximum absolute atomic E-state index is 11.8. The summed E-state index contributed by atoms with van der Waals surface area (Å²) in [6, 6.07) is 0. The molecule has 0 spiro atoms. The van der Waals surface area contributed by atoms with E-state index in [1.807, 2.05) is 6.92 Å². The number of nitrogens with one attached hydrogen (secondary N) is 1. The molecule has 94 valence electrons. The number of carbonyl (C=O) groups excluding carboxylic acids is 1. The van der Waals surface area contributed by atoms with E-state index in [9.17, 15) is 4.79 Å². The van der Waals surface area contributed by atoms with E-state index in [2.05, 4.69) is 19.2 Å². The minimum Gasteiger partial charge on any atom is -0.368 e. The number of amides is 1. The summed E-state index contributed by atoms with van der Waals surface area (Å²) < 4.78 is 5.39. The van der Waals surface area contributed by atoms with Gasteiger partial charge in [0.15, 0.2) is 0 Å². The van der Waals surface area contributed by atoms with E-state index in [0.29, 0.717) is 25.0 Å². The summed E-state index contributed by atoms with van der Waals surface area (Å²) in [4.78, 5) is 11.8. The molecule has 1 amide bonds. The van der Waals surface area contributed by atoms with Gasteiger partial charge in [-0.05, 0) is 24.7 Å². The van der Waals surface area contributed by atoms with Crippen molar-refractivity contribution >= 4 is 17.5 Å². The van der Waals surface area contributed by atoms with Gasteiger partial charge in [0.05, 0.1) is 5.38 Å². The Balaban J connectivity index is 2.24. The molecular formula is C12H22ClNO2. The molecule has 0 aromatic carbocycles. The minimum absolute atomic E-state index is 0.0144. The third-order valence-electron chi connectivity index (χ3n) is 2.87. The van der Waals surface area contributed by atoms with Gasteiger partial charge >= 0.3 is 0 Å². The molecular weight excluding hydrogens is 226 g/mol. The number of ether oxygens (including phenoxy) is 1. The summed E-state index contributed by atoms with van der Waals surface area (Å²) in [5.74, 6) is 0.860. The van der Waals surface area contributed by atoms with Crippen LogP contribution in [0.3, 0.4) is 0 Å². The Labute approximate surface area is 103 Å². The van der Waals surface area contributed by atoms with Gasteiger partial charge in [0, 0.05) is 13.2 Å². The Hall–Kier alpha value is -0.280. The summed E-state index contributed by atoms with van der Waals surface area (Å²) in [7, 11) is 0. The molecule has 3 atom stereocenters. The van der Waals surface area contributed by atoms with Crippen LogP contribution < -0.4 is 5.32 Å². The molecule has 0 bridgehead atoms. The van der Waals surface area contributed by atoms with E-state index in [0.717, 1.165) is 12.8 Å². The van der Waals surface area contributed by atoms with Crippen molar-refractivity contribution in [1.82, 2.24) is 5.32 Å². The first-order valence-corrected chi connectivity index (χ1v) is 6.47. The highest BCUT2D eigenvalue weighted by molar-refractivity contribution is 6.20. The second-order valence-electron chi connectivity index (χ2n) is 5.03. The first-order chi connectivity index (χ1) is 7.50. The van der Waals surface area contributed by atoms with Gasteiger partial charge in [-0.1, -0.05) is 20.8 Å². The smallest absolute Gasteiger partial charge is 0.249 e. The zero-order valence-corrected chi connectivity index (χ0v) is 11.1. The molecule has 1 fully saturated rings. The van der Waals surface area contributed by atoms with Crippen LogP contribution in [0.25, 0.3) is 0 Å². The molecule has 1 saturated heterocycles. The zero-order chi connectivity index (χ0) is 12.1. The number of rotatable bonds is 5. The summed E-state index contributed by atoms with van der Waals surface area (Å²) in [5, 5.41) is 2.88.